The first-order chi connectivity index (χ1) is 14.1. The normalized spacial score (nSPS) is 22.4. The van der Waals surface area contributed by atoms with Crippen LogP contribution in [-0.4, -0.2) is 0 Å². The number of hydrogen-bond donors (Lipinski definition) is 0. The second-order valence-electron chi connectivity index (χ2n) is 11.6. The molecule has 1 aliphatic carbocycles. The largest absolute Gasteiger partial charge is 0.0602 e. The fraction of sp³-hybridized carbons (Fsp3) is 1.00. The van der Waals surface area contributed by atoms with Crippen molar-refractivity contribution in [2.24, 2.45) is 11.3 Å². The lowest BCUT2D eigenvalue weighted by Gasteiger charge is -2.21. The van der Waals surface area contributed by atoms with Crippen LogP contribution in [0.3, 0.4) is 0 Å². The standard InChI is InChI=1S/C29H58/c1-29(2,3)27-23-26-28-24-21-19-17-15-13-11-9-7-5-4-6-8-10-12-14-16-18-20-22-25-28/h28H,4-27H2,1-3H3. The second-order valence-corrected chi connectivity index (χ2v) is 11.6. The number of hydrogen-bond acceptors (Lipinski definition) is 0. The molecule has 1 rings (SSSR count). The molecule has 0 bridgehead atoms. The van der Waals surface area contributed by atoms with E-state index >= 15 is 0 Å². The fourth-order valence-corrected chi connectivity index (χ4v) is 5.23. The average molecular weight is 407 g/mol. The quantitative estimate of drug-likeness (QED) is 0.437. The van der Waals surface area contributed by atoms with E-state index in [0.29, 0.717) is 5.41 Å². The molecule has 1 fully saturated rings. The summed E-state index contributed by atoms with van der Waals surface area (Å²) in [5.74, 6) is 1.02. The zero-order valence-electron chi connectivity index (χ0n) is 21.0. The smallest absolute Gasteiger partial charge is 0.0383 e. The van der Waals surface area contributed by atoms with E-state index in [1.165, 1.54) is 154 Å². The van der Waals surface area contributed by atoms with Gasteiger partial charge in [-0.05, 0) is 17.8 Å². The van der Waals surface area contributed by atoms with Gasteiger partial charge in [0.05, 0.1) is 0 Å². The molecule has 0 atom stereocenters. The van der Waals surface area contributed by atoms with Gasteiger partial charge in [-0.15, -0.1) is 0 Å². The summed E-state index contributed by atoms with van der Waals surface area (Å²) in [6, 6.07) is 0. The molecule has 0 N–H and O–H groups in total. The van der Waals surface area contributed by atoms with Gasteiger partial charge in [-0.2, -0.15) is 0 Å². The highest BCUT2D eigenvalue weighted by Gasteiger charge is 2.13. The maximum absolute atomic E-state index is 2.41. The van der Waals surface area contributed by atoms with Crippen molar-refractivity contribution in [3.8, 4) is 0 Å². The topological polar surface area (TPSA) is 0 Å². The number of rotatable bonds is 3. The Balaban J connectivity index is 2.27. The van der Waals surface area contributed by atoms with Crippen LogP contribution in [0.15, 0.2) is 0 Å². The van der Waals surface area contributed by atoms with E-state index in [1.807, 2.05) is 0 Å². The van der Waals surface area contributed by atoms with E-state index in [0.717, 1.165) is 5.92 Å². The van der Waals surface area contributed by atoms with Crippen molar-refractivity contribution in [3.05, 3.63) is 0 Å². The fourth-order valence-electron chi connectivity index (χ4n) is 5.23. The third-order valence-corrected chi connectivity index (χ3v) is 7.26. The molecule has 0 aliphatic heterocycles. The molecular formula is C29H58. The molecule has 0 aromatic rings. The summed E-state index contributed by atoms with van der Waals surface area (Å²) in [5, 5.41) is 0. The minimum Gasteiger partial charge on any atom is -0.0602 e. The van der Waals surface area contributed by atoms with Crippen LogP contribution in [0.1, 0.15) is 175 Å². The highest BCUT2D eigenvalue weighted by atomic mass is 14.2. The molecular weight excluding hydrogens is 348 g/mol. The predicted molar refractivity (Wildman–Crippen MR) is 134 cm³/mol. The summed E-state index contributed by atoms with van der Waals surface area (Å²) in [6.07, 6.45) is 35.8. The molecule has 0 amide bonds. The van der Waals surface area contributed by atoms with Gasteiger partial charge in [-0.25, -0.2) is 0 Å². The van der Waals surface area contributed by atoms with Gasteiger partial charge in [0.15, 0.2) is 0 Å². The lowest BCUT2D eigenvalue weighted by atomic mass is 9.85. The van der Waals surface area contributed by atoms with Crippen molar-refractivity contribution in [3.63, 3.8) is 0 Å². The van der Waals surface area contributed by atoms with Crippen LogP contribution >= 0.6 is 0 Å². The first-order valence-corrected chi connectivity index (χ1v) is 14.1. The Morgan fingerprint density at radius 3 is 1.00 bits per heavy atom. The monoisotopic (exact) mass is 406 g/mol. The van der Waals surface area contributed by atoms with Crippen LogP contribution < -0.4 is 0 Å². The Labute approximate surface area is 186 Å². The zero-order chi connectivity index (χ0) is 21.0. The minimum absolute atomic E-state index is 0.519. The van der Waals surface area contributed by atoms with Crippen molar-refractivity contribution in [2.45, 2.75) is 175 Å². The molecule has 0 aromatic heterocycles. The molecule has 0 unspecified atom stereocenters. The van der Waals surface area contributed by atoms with Crippen molar-refractivity contribution in [2.75, 3.05) is 0 Å². The molecule has 0 heteroatoms. The molecule has 0 heterocycles. The van der Waals surface area contributed by atoms with Gasteiger partial charge in [0.1, 0.15) is 0 Å². The Hall–Kier alpha value is 0. The molecule has 0 aromatic carbocycles. The minimum atomic E-state index is 0.519. The maximum Gasteiger partial charge on any atom is -0.0383 e. The molecule has 0 saturated heterocycles. The summed E-state index contributed by atoms with van der Waals surface area (Å²) in [4.78, 5) is 0. The van der Waals surface area contributed by atoms with Crippen molar-refractivity contribution in [1.29, 1.82) is 0 Å². The lowest BCUT2D eigenvalue weighted by Crippen LogP contribution is -2.07. The van der Waals surface area contributed by atoms with Crippen molar-refractivity contribution < 1.29 is 0 Å². The Kier molecular flexibility index (Phi) is 17.5. The van der Waals surface area contributed by atoms with Gasteiger partial charge in [0.25, 0.3) is 0 Å². The summed E-state index contributed by atoms with van der Waals surface area (Å²) in [5.41, 5.74) is 0.519. The van der Waals surface area contributed by atoms with Gasteiger partial charge in [-0.1, -0.05) is 168 Å². The summed E-state index contributed by atoms with van der Waals surface area (Å²) in [7, 11) is 0. The highest BCUT2D eigenvalue weighted by molar-refractivity contribution is 4.66. The van der Waals surface area contributed by atoms with Crippen LogP contribution in [0.5, 0.6) is 0 Å². The first-order valence-electron chi connectivity index (χ1n) is 14.1. The van der Waals surface area contributed by atoms with Crippen LogP contribution in [0.4, 0.5) is 0 Å². The Morgan fingerprint density at radius 2 is 0.724 bits per heavy atom. The van der Waals surface area contributed by atoms with Crippen molar-refractivity contribution in [1.82, 2.24) is 0 Å². The molecule has 0 radical (unpaired) electrons. The molecule has 0 nitrogen and oxygen atoms in total. The van der Waals surface area contributed by atoms with Crippen LogP contribution in [0.2, 0.25) is 0 Å². The zero-order valence-corrected chi connectivity index (χ0v) is 21.0. The molecule has 1 saturated carbocycles. The maximum atomic E-state index is 2.41. The van der Waals surface area contributed by atoms with Crippen LogP contribution in [0.25, 0.3) is 0 Å². The van der Waals surface area contributed by atoms with E-state index in [4.69, 9.17) is 0 Å². The van der Waals surface area contributed by atoms with E-state index < -0.39 is 0 Å². The molecule has 29 heavy (non-hydrogen) atoms. The SMILES string of the molecule is CC(C)(C)CCCC1CCCCCCCCCCCCCCCCCCCCC1. The van der Waals surface area contributed by atoms with Crippen LogP contribution in [-0.2, 0) is 0 Å². The predicted octanol–water partition coefficient (Wildman–Crippen LogP) is 11.0. The molecule has 174 valence electrons. The van der Waals surface area contributed by atoms with Gasteiger partial charge < -0.3 is 0 Å². The summed E-state index contributed by atoms with van der Waals surface area (Å²) >= 11 is 0. The van der Waals surface area contributed by atoms with Crippen LogP contribution in [0, 0.1) is 11.3 Å². The van der Waals surface area contributed by atoms with Gasteiger partial charge >= 0.3 is 0 Å². The second kappa shape index (κ2) is 18.7. The van der Waals surface area contributed by atoms with E-state index in [2.05, 4.69) is 20.8 Å². The Bertz CT molecular complexity index is 301. The van der Waals surface area contributed by atoms with E-state index in [-0.39, 0.29) is 0 Å². The third kappa shape index (κ3) is 19.7. The molecule has 0 spiro atoms. The highest BCUT2D eigenvalue weighted by Crippen LogP contribution is 2.28. The lowest BCUT2D eigenvalue weighted by molar-refractivity contribution is 0.314. The van der Waals surface area contributed by atoms with Crippen molar-refractivity contribution >= 4 is 0 Å². The van der Waals surface area contributed by atoms with Gasteiger partial charge in [-0.3, -0.25) is 0 Å². The van der Waals surface area contributed by atoms with Gasteiger partial charge in [0, 0.05) is 0 Å². The summed E-state index contributed by atoms with van der Waals surface area (Å²) < 4.78 is 0. The Morgan fingerprint density at radius 1 is 0.448 bits per heavy atom. The van der Waals surface area contributed by atoms with E-state index in [1.54, 1.807) is 0 Å². The molecule has 1 aliphatic rings. The van der Waals surface area contributed by atoms with Gasteiger partial charge in [0.2, 0.25) is 0 Å². The average Bonchev–Trinajstić information content (AvgIpc) is 2.67. The van der Waals surface area contributed by atoms with E-state index in [9.17, 15) is 0 Å². The third-order valence-electron chi connectivity index (χ3n) is 7.26. The first kappa shape index (κ1) is 27.0. The summed E-state index contributed by atoms with van der Waals surface area (Å²) in [6.45, 7) is 7.22.